The van der Waals surface area contributed by atoms with Crippen LogP contribution in [-0.4, -0.2) is 30.5 Å². The molecule has 4 aromatic carbocycles. The number of pyridine rings is 1. The summed E-state index contributed by atoms with van der Waals surface area (Å²) in [5, 5.41) is 4.22. The Morgan fingerprint density at radius 3 is 1.76 bits per heavy atom. The highest BCUT2D eigenvalue weighted by molar-refractivity contribution is 7.95. The number of aromatic nitrogens is 1. The zero-order valence-corrected chi connectivity index (χ0v) is 26.4. The molecule has 0 saturated heterocycles. The van der Waals surface area contributed by atoms with Gasteiger partial charge in [0.2, 0.25) is 0 Å². The quantitative estimate of drug-likeness (QED) is 0.205. The van der Waals surface area contributed by atoms with Crippen molar-refractivity contribution in [3.8, 4) is 0 Å². The Balaban J connectivity index is 0.00000387. The lowest BCUT2D eigenvalue weighted by Gasteiger charge is -2.28. The second kappa shape index (κ2) is 15.0. The molecular formula is C37H38BrN2P. The van der Waals surface area contributed by atoms with Gasteiger partial charge in [0.05, 0.1) is 11.9 Å². The smallest absolute Gasteiger partial charge is 0.116 e. The van der Waals surface area contributed by atoms with Crippen molar-refractivity contribution in [2.75, 3.05) is 20.6 Å². The molecule has 5 rings (SSSR count). The normalized spacial score (nSPS) is 11.5. The van der Waals surface area contributed by atoms with Crippen LogP contribution in [0.3, 0.4) is 0 Å². The molecule has 0 amide bonds. The van der Waals surface area contributed by atoms with Gasteiger partial charge in [0.15, 0.2) is 0 Å². The molecule has 0 spiro atoms. The van der Waals surface area contributed by atoms with Gasteiger partial charge in [-0.3, -0.25) is 4.98 Å². The van der Waals surface area contributed by atoms with Crippen molar-refractivity contribution in [2.45, 2.75) is 19.0 Å². The molecule has 4 heteroatoms. The fourth-order valence-corrected chi connectivity index (χ4v) is 9.56. The predicted molar refractivity (Wildman–Crippen MR) is 175 cm³/mol. The first kappa shape index (κ1) is 30.6. The Labute approximate surface area is 256 Å². The van der Waals surface area contributed by atoms with E-state index in [1.807, 2.05) is 0 Å². The van der Waals surface area contributed by atoms with E-state index in [2.05, 4.69) is 165 Å². The Morgan fingerprint density at radius 1 is 0.634 bits per heavy atom. The first-order valence-corrected chi connectivity index (χ1v) is 16.0. The molecule has 0 aliphatic heterocycles. The highest BCUT2D eigenvalue weighted by Gasteiger charge is 2.45. The van der Waals surface area contributed by atoms with E-state index < -0.39 is 7.26 Å². The van der Waals surface area contributed by atoms with Gasteiger partial charge in [0.25, 0.3) is 0 Å². The van der Waals surface area contributed by atoms with Crippen LogP contribution in [0.2, 0.25) is 0 Å². The van der Waals surface area contributed by atoms with E-state index in [0.717, 1.165) is 36.9 Å². The summed E-state index contributed by atoms with van der Waals surface area (Å²) in [6, 6.07) is 48.6. The number of aryl methyl sites for hydroxylation is 1. The summed E-state index contributed by atoms with van der Waals surface area (Å²) in [4.78, 5) is 7.11. The molecule has 0 unspecified atom stereocenters. The van der Waals surface area contributed by atoms with Crippen molar-refractivity contribution in [2.24, 2.45) is 0 Å². The molecule has 1 aromatic heterocycles. The van der Waals surface area contributed by atoms with Crippen LogP contribution >= 0.6 is 7.26 Å². The SMILES string of the molecule is CN(C)CCCc1cccc(/C=C\c2cccc(C[P+](c3ccccc3)(c3ccccc3)c3ccccc3)c2)n1.[Br-]. The average Bonchev–Trinajstić information content (AvgIpc) is 3.00. The molecular weight excluding hydrogens is 583 g/mol. The molecule has 2 nitrogen and oxygen atoms in total. The van der Waals surface area contributed by atoms with E-state index in [0.29, 0.717) is 0 Å². The Hall–Kier alpha value is -3.36. The second-order valence-corrected chi connectivity index (χ2v) is 14.0. The van der Waals surface area contributed by atoms with Gasteiger partial charge in [-0.05, 0) is 105 Å². The van der Waals surface area contributed by atoms with Crippen molar-refractivity contribution < 1.29 is 17.0 Å². The monoisotopic (exact) mass is 620 g/mol. The van der Waals surface area contributed by atoms with Gasteiger partial charge in [-0.2, -0.15) is 0 Å². The molecule has 208 valence electrons. The molecule has 5 aromatic rings. The van der Waals surface area contributed by atoms with Crippen LogP contribution in [0.15, 0.2) is 133 Å². The third-order valence-corrected chi connectivity index (χ3v) is 11.7. The molecule has 0 aliphatic rings. The van der Waals surface area contributed by atoms with Crippen molar-refractivity contribution >= 4 is 35.3 Å². The van der Waals surface area contributed by atoms with Gasteiger partial charge < -0.3 is 21.9 Å². The largest absolute Gasteiger partial charge is 1.00 e. The third-order valence-electron chi connectivity index (χ3n) is 7.27. The van der Waals surface area contributed by atoms with Gasteiger partial charge in [-0.15, -0.1) is 0 Å². The van der Waals surface area contributed by atoms with Crippen LogP contribution < -0.4 is 32.9 Å². The maximum Gasteiger partial charge on any atom is 0.116 e. The molecule has 0 N–H and O–H groups in total. The Kier molecular flexibility index (Phi) is 11.2. The summed E-state index contributed by atoms with van der Waals surface area (Å²) >= 11 is 0. The minimum atomic E-state index is -1.94. The van der Waals surface area contributed by atoms with Gasteiger partial charge in [0, 0.05) is 5.69 Å². The van der Waals surface area contributed by atoms with E-state index in [9.17, 15) is 0 Å². The molecule has 0 radical (unpaired) electrons. The van der Waals surface area contributed by atoms with Gasteiger partial charge in [0.1, 0.15) is 23.2 Å². The highest BCUT2D eigenvalue weighted by atomic mass is 79.9. The number of nitrogens with zero attached hydrogens (tertiary/aromatic N) is 2. The van der Waals surface area contributed by atoms with E-state index in [1.54, 1.807) is 0 Å². The molecule has 0 bridgehead atoms. The molecule has 0 fully saturated rings. The van der Waals surface area contributed by atoms with Gasteiger partial charge in [-0.1, -0.05) is 84.9 Å². The van der Waals surface area contributed by atoms with Crippen LogP contribution in [0.4, 0.5) is 0 Å². The van der Waals surface area contributed by atoms with Gasteiger partial charge >= 0.3 is 0 Å². The van der Waals surface area contributed by atoms with Crippen molar-refractivity contribution in [1.29, 1.82) is 0 Å². The molecule has 41 heavy (non-hydrogen) atoms. The van der Waals surface area contributed by atoms with Crippen LogP contribution in [0.5, 0.6) is 0 Å². The average molecular weight is 622 g/mol. The lowest BCUT2D eigenvalue weighted by Crippen LogP contribution is -3.00. The Morgan fingerprint density at radius 2 is 1.20 bits per heavy atom. The minimum absolute atomic E-state index is 0. The number of rotatable bonds is 11. The second-order valence-electron chi connectivity index (χ2n) is 10.5. The number of benzene rings is 4. The van der Waals surface area contributed by atoms with E-state index in [4.69, 9.17) is 4.98 Å². The summed E-state index contributed by atoms with van der Waals surface area (Å²) in [5.41, 5.74) is 4.70. The highest BCUT2D eigenvalue weighted by Crippen LogP contribution is 2.58. The molecule has 0 atom stereocenters. The minimum Gasteiger partial charge on any atom is -1.00 e. The summed E-state index contributed by atoms with van der Waals surface area (Å²) in [6.45, 7) is 1.08. The fraction of sp³-hybridized carbons (Fsp3) is 0.162. The first-order valence-electron chi connectivity index (χ1n) is 14.1. The zero-order chi connectivity index (χ0) is 27.6. The van der Waals surface area contributed by atoms with E-state index in [-0.39, 0.29) is 17.0 Å². The van der Waals surface area contributed by atoms with Crippen LogP contribution in [0.25, 0.3) is 12.2 Å². The fourth-order valence-electron chi connectivity index (χ4n) is 5.33. The van der Waals surface area contributed by atoms with Crippen LogP contribution in [0.1, 0.15) is 28.9 Å². The van der Waals surface area contributed by atoms with Crippen molar-refractivity contribution in [3.63, 3.8) is 0 Å². The maximum atomic E-state index is 4.89. The first-order chi connectivity index (χ1) is 19.6. The lowest BCUT2D eigenvalue weighted by molar-refractivity contribution is -0.00000801. The van der Waals surface area contributed by atoms with Crippen LogP contribution in [0, 0.1) is 0 Å². The van der Waals surface area contributed by atoms with E-state index >= 15 is 0 Å². The van der Waals surface area contributed by atoms with Crippen molar-refractivity contribution in [3.05, 3.63) is 156 Å². The summed E-state index contributed by atoms with van der Waals surface area (Å²) in [6.07, 6.45) is 7.42. The zero-order valence-electron chi connectivity index (χ0n) is 23.9. The summed E-state index contributed by atoms with van der Waals surface area (Å²) < 4.78 is 0. The number of hydrogen-bond acceptors (Lipinski definition) is 2. The van der Waals surface area contributed by atoms with Gasteiger partial charge in [-0.25, -0.2) is 0 Å². The number of hydrogen-bond donors (Lipinski definition) is 0. The van der Waals surface area contributed by atoms with E-state index in [1.165, 1.54) is 27.0 Å². The summed E-state index contributed by atoms with van der Waals surface area (Å²) in [5.74, 6) is 0. The Bertz CT molecular complexity index is 1420. The summed E-state index contributed by atoms with van der Waals surface area (Å²) in [7, 11) is 2.30. The maximum absolute atomic E-state index is 4.89. The number of halogens is 1. The molecule has 0 aliphatic carbocycles. The lowest BCUT2D eigenvalue weighted by atomic mass is 10.1. The molecule has 0 saturated carbocycles. The standard InChI is InChI=1S/C37H38N2P.BrH/c1-39(2)28-14-19-33-17-13-18-34(38-33)27-26-31-15-12-16-32(29-31)30-40(35-20-6-3-7-21-35,36-22-8-4-9-23-36)37-24-10-5-11-25-37;/h3-13,15-18,20-27,29H,14,19,28,30H2,1-2H3;1H/q+1;/p-1/b27-26-;. The molecule has 1 heterocycles. The predicted octanol–water partition coefficient (Wildman–Crippen LogP) is 4.24. The topological polar surface area (TPSA) is 16.1 Å². The van der Waals surface area contributed by atoms with Crippen molar-refractivity contribution in [1.82, 2.24) is 9.88 Å². The van der Waals surface area contributed by atoms with Crippen LogP contribution in [-0.2, 0) is 12.6 Å². The third kappa shape index (κ3) is 7.89.